The van der Waals surface area contributed by atoms with Crippen LogP contribution < -0.4 is 0 Å². The van der Waals surface area contributed by atoms with E-state index in [4.69, 9.17) is 0 Å². The van der Waals surface area contributed by atoms with E-state index < -0.39 is 5.60 Å². The smallest absolute Gasteiger partial charge is 0.0885 e. The Bertz CT molecular complexity index is 317. The number of aliphatic hydroxyl groups is 1. The molecule has 0 bridgehead atoms. The molecule has 16 heavy (non-hydrogen) atoms. The number of rotatable bonds is 1. The summed E-state index contributed by atoms with van der Waals surface area (Å²) < 4.78 is 0. The maximum absolute atomic E-state index is 10.8. The normalized spacial score (nSPS) is 43.9. The summed E-state index contributed by atoms with van der Waals surface area (Å²) in [5, 5.41) is 10.8. The molecule has 0 amide bonds. The zero-order chi connectivity index (χ0) is 11.9. The first-order valence-corrected chi connectivity index (χ1v) is 6.51. The van der Waals surface area contributed by atoms with Crippen molar-refractivity contribution in [2.24, 2.45) is 17.8 Å². The van der Waals surface area contributed by atoms with Crippen molar-refractivity contribution in [3.63, 3.8) is 0 Å². The summed E-state index contributed by atoms with van der Waals surface area (Å²) in [6.45, 7) is 12.6. The van der Waals surface area contributed by atoms with Crippen LogP contribution >= 0.6 is 0 Å². The molecule has 0 saturated heterocycles. The molecule has 2 saturated carbocycles. The van der Waals surface area contributed by atoms with E-state index in [2.05, 4.69) is 27.0 Å². The molecule has 1 N–H and O–H groups in total. The van der Waals surface area contributed by atoms with E-state index in [0.29, 0.717) is 17.8 Å². The quantitative estimate of drug-likeness (QED) is 0.668. The van der Waals surface area contributed by atoms with Gasteiger partial charge in [0.25, 0.3) is 0 Å². The van der Waals surface area contributed by atoms with Crippen molar-refractivity contribution in [1.82, 2.24) is 0 Å². The maximum atomic E-state index is 10.8. The second-order valence-corrected chi connectivity index (χ2v) is 5.97. The molecule has 2 aliphatic rings. The van der Waals surface area contributed by atoms with Crippen molar-refractivity contribution in [1.29, 1.82) is 0 Å². The molecular weight excluding hydrogens is 196 g/mol. The lowest BCUT2D eigenvalue weighted by Gasteiger charge is -2.32. The fourth-order valence-electron chi connectivity index (χ4n) is 3.61. The van der Waals surface area contributed by atoms with E-state index in [1.165, 1.54) is 5.57 Å². The topological polar surface area (TPSA) is 20.2 Å². The second kappa shape index (κ2) is 4.03. The van der Waals surface area contributed by atoms with Crippen LogP contribution in [0.1, 0.15) is 46.0 Å². The van der Waals surface area contributed by atoms with Gasteiger partial charge in [0.1, 0.15) is 0 Å². The Morgan fingerprint density at radius 2 is 2.12 bits per heavy atom. The van der Waals surface area contributed by atoms with Crippen LogP contribution in [0.2, 0.25) is 0 Å². The zero-order valence-electron chi connectivity index (χ0n) is 10.6. The van der Waals surface area contributed by atoms with E-state index in [1.807, 2.05) is 0 Å². The molecule has 0 radical (unpaired) electrons. The van der Waals surface area contributed by atoms with Gasteiger partial charge < -0.3 is 5.11 Å². The lowest BCUT2D eigenvalue weighted by molar-refractivity contribution is 0.0255. The third-order valence-corrected chi connectivity index (χ3v) is 4.92. The van der Waals surface area contributed by atoms with Crippen molar-refractivity contribution in [2.75, 3.05) is 0 Å². The fourth-order valence-corrected chi connectivity index (χ4v) is 3.61. The molecule has 90 valence electrons. The van der Waals surface area contributed by atoms with Crippen LogP contribution in [0.5, 0.6) is 0 Å². The highest BCUT2D eigenvalue weighted by Crippen LogP contribution is 2.51. The highest BCUT2D eigenvalue weighted by atomic mass is 16.3. The molecule has 0 aromatic rings. The average Bonchev–Trinajstić information content (AvgIpc) is 2.43. The van der Waals surface area contributed by atoms with Gasteiger partial charge in [0.2, 0.25) is 0 Å². The van der Waals surface area contributed by atoms with Crippen LogP contribution in [0.3, 0.4) is 0 Å². The minimum absolute atomic E-state index is 0.407. The summed E-state index contributed by atoms with van der Waals surface area (Å²) in [6.07, 6.45) is 5.26. The molecule has 4 unspecified atom stereocenters. The van der Waals surface area contributed by atoms with Gasteiger partial charge in [-0.15, -0.1) is 0 Å². The minimum atomic E-state index is -0.566. The molecule has 0 aromatic heterocycles. The molecule has 0 aliphatic heterocycles. The summed E-state index contributed by atoms with van der Waals surface area (Å²) in [7, 11) is 0. The van der Waals surface area contributed by atoms with Crippen molar-refractivity contribution in [3.05, 3.63) is 24.3 Å². The van der Waals surface area contributed by atoms with Crippen LogP contribution in [0.4, 0.5) is 0 Å². The molecule has 1 nitrogen and oxygen atoms in total. The monoisotopic (exact) mass is 220 g/mol. The zero-order valence-corrected chi connectivity index (χ0v) is 10.6. The Labute approximate surface area is 99.3 Å². The van der Waals surface area contributed by atoms with Crippen LogP contribution in [0, 0.1) is 17.8 Å². The predicted molar refractivity (Wildman–Crippen MR) is 68.1 cm³/mol. The molecule has 0 spiro atoms. The highest BCUT2D eigenvalue weighted by Gasteiger charge is 2.48. The van der Waals surface area contributed by atoms with E-state index in [1.54, 1.807) is 0 Å². The maximum Gasteiger partial charge on any atom is 0.0885 e. The molecule has 2 rings (SSSR count). The van der Waals surface area contributed by atoms with Gasteiger partial charge in [-0.3, -0.25) is 0 Å². The van der Waals surface area contributed by atoms with Gasteiger partial charge in [-0.1, -0.05) is 25.7 Å². The first-order chi connectivity index (χ1) is 7.45. The summed E-state index contributed by atoms with van der Waals surface area (Å²) in [4.78, 5) is 0. The predicted octanol–water partition coefficient (Wildman–Crippen LogP) is 3.70. The standard InChI is InChI=1S/C15H24O/c1-10(2)13-6-5-12(4)15(16)8-7-11(3)14(15)9-13/h11,13-14,16H,1,4-9H2,2-3H3. The molecule has 0 heterocycles. The average molecular weight is 220 g/mol. The summed E-state index contributed by atoms with van der Waals surface area (Å²) in [5.74, 6) is 1.61. The van der Waals surface area contributed by atoms with Crippen molar-refractivity contribution in [3.8, 4) is 0 Å². The molecule has 2 aliphatic carbocycles. The van der Waals surface area contributed by atoms with Gasteiger partial charge in [0.15, 0.2) is 0 Å². The van der Waals surface area contributed by atoms with Gasteiger partial charge in [-0.05, 0) is 62.4 Å². The first kappa shape index (κ1) is 11.9. The third-order valence-electron chi connectivity index (χ3n) is 4.92. The van der Waals surface area contributed by atoms with E-state index in [-0.39, 0.29) is 0 Å². The second-order valence-electron chi connectivity index (χ2n) is 5.97. The molecule has 0 aromatic carbocycles. The number of hydrogen-bond donors (Lipinski definition) is 1. The largest absolute Gasteiger partial charge is 0.385 e. The van der Waals surface area contributed by atoms with E-state index >= 15 is 0 Å². The minimum Gasteiger partial charge on any atom is -0.385 e. The third kappa shape index (κ3) is 1.75. The van der Waals surface area contributed by atoms with E-state index in [9.17, 15) is 5.11 Å². The molecule has 4 atom stereocenters. The Morgan fingerprint density at radius 1 is 1.44 bits per heavy atom. The van der Waals surface area contributed by atoms with Crippen molar-refractivity contribution in [2.45, 2.75) is 51.6 Å². The number of allylic oxidation sites excluding steroid dienone is 1. The van der Waals surface area contributed by atoms with Gasteiger partial charge in [0, 0.05) is 0 Å². The lowest BCUT2D eigenvalue weighted by Crippen LogP contribution is -2.36. The summed E-state index contributed by atoms with van der Waals surface area (Å²) in [5.41, 5.74) is 1.78. The first-order valence-electron chi connectivity index (χ1n) is 6.51. The Kier molecular flexibility index (Phi) is 3.00. The van der Waals surface area contributed by atoms with Crippen molar-refractivity contribution < 1.29 is 5.11 Å². The van der Waals surface area contributed by atoms with Crippen molar-refractivity contribution >= 4 is 0 Å². The van der Waals surface area contributed by atoms with Crippen LogP contribution in [-0.2, 0) is 0 Å². The number of fused-ring (bicyclic) bond motifs is 1. The van der Waals surface area contributed by atoms with Gasteiger partial charge >= 0.3 is 0 Å². The van der Waals surface area contributed by atoms with E-state index in [0.717, 1.165) is 37.7 Å². The summed E-state index contributed by atoms with van der Waals surface area (Å²) in [6, 6.07) is 0. The Hall–Kier alpha value is -0.560. The van der Waals surface area contributed by atoms with Gasteiger partial charge in [0.05, 0.1) is 5.60 Å². The molecular formula is C15H24O. The SMILES string of the molecule is C=C(C)C1CCC(=C)C2(O)CCC(C)C2C1. The van der Waals surface area contributed by atoms with Crippen LogP contribution in [0.15, 0.2) is 24.3 Å². The Morgan fingerprint density at radius 3 is 2.75 bits per heavy atom. The molecule has 1 heteroatoms. The fraction of sp³-hybridized carbons (Fsp3) is 0.733. The lowest BCUT2D eigenvalue weighted by atomic mass is 9.78. The Balaban J connectivity index is 2.27. The number of hydrogen-bond acceptors (Lipinski definition) is 1. The highest BCUT2D eigenvalue weighted by molar-refractivity contribution is 5.21. The van der Waals surface area contributed by atoms with Crippen LogP contribution in [-0.4, -0.2) is 10.7 Å². The van der Waals surface area contributed by atoms with Gasteiger partial charge in [-0.25, -0.2) is 0 Å². The van der Waals surface area contributed by atoms with Gasteiger partial charge in [-0.2, -0.15) is 0 Å². The molecule has 2 fully saturated rings. The van der Waals surface area contributed by atoms with Crippen LogP contribution in [0.25, 0.3) is 0 Å². The summed E-state index contributed by atoms with van der Waals surface area (Å²) >= 11 is 0.